The van der Waals surface area contributed by atoms with E-state index < -0.39 is 17.8 Å². The molecule has 0 bridgehead atoms. The maximum Gasteiger partial charge on any atom is 0.416 e. The first-order valence-electron chi connectivity index (χ1n) is 10.4. The van der Waals surface area contributed by atoms with Gasteiger partial charge in [-0.3, -0.25) is 0 Å². The second-order valence-electron chi connectivity index (χ2n) is 7.70. The monoisotopic (exact) mass is 459 g/mol. The molecular formula is C26H25F4NO2. The van der Waals surface area contributed by atoms with E-state index in [1.807, 2.05) is 0 Å². The lowest BCUT2D eigenvalue weighted by Crippen LogP contribution is -2.35. The van der Waals surface area contributed by atoms with Gasteiger partial charge in [-0.1, -0.05) is 54.6 Å². The van der Waals surface area contributed by atoms with Gasteiger partial charge in [0, 0.05) is 12.1 Å². The summed E-state index contributed by atoms with van der Waals surface area (Å²) in [6.45, 7) is 1.41. The number of nitrogens with one attached hydrogen (secondary N) is 1. The summed E-state index contributed by atoms with van der Waals surface area (Å²) in [5.74, 6) is -0.370. The zero-order chi connectivity index (χ0) is 24.0. The van der Waals surface area contributed by atoms with Crippen LogP contribution in [0.5, 0.6) is 0 Å². The third kappa shape index (κ3) is 6.07. The highest BCUT2D eigenvalue weighted by molar-refractivity contribution is 5.78. The number of hydrogen-bond acceptors (Lipinski definition) is 3. The van der Waals surface area contributed by atoms with Crippen LogP contribution in [0.2, 0.25) is 0 Å². The van der Waals surface area contributed by atoms with Crippen molar-refractivity contribution in [2.24, 2.45) is 0 Å². The standard InChI is InChI=1S/C26H25F4NO2/c1-17-19(5-4-7-22(17)23-6-2-3-8-25(23)27)10-11-20-13-18(14-31-21(15-32)16-33)9-12-24(20)26(28,29)30/h2-13,21,31-33H,14-16H2,1H3/b11-10+. The van der Waals surface area contributed by atoms with Crippen molar-refractivity contribution in [3.63, 3.8) is 0 Å². The van der Waals surface area contributed by atoms with Crippen LogP contribution in [0.1, 0.15) is 27.8 Å². The second kappa shape index (κ2) is 10.7. The predicted octanol–water partition coefficient (Wildman–Crippen LogP) is 5.43. The van der Waals surface area contributed by atoms with E-state index >= 15 is 0 Å². The smallest absolute Gasteiger partial charge is 0.395 e. The SMILES string of the molecule is Cc1c(/C=C/c2cc(CNC(CO)CO)ccc2C(F)(F)F)cccc1-c1ccccc1F. The molecule has 0 aliphatic carbocycles. The molecule has 0 amide bonds. The third-order valence-corrected chi connectivity index (χ3v) is 5.44. The first-order valence-corrected chi connectivity index (χ1v) is 10.4. The normalized spacial score (nSPS) is 12.1. The Bertz CT molecular complexity index is 1120. The molecule has 3 nitrogen and oxygen atoms in total. The minimum atomic E-state index is -4.53. The summed E-state index contributed by atoms with van der Waals surface area (Å²) in [5.41, 5.74) is 2.31. The molecule has 33 heavy (non-hydrogen) atoms. The Morgan fingerprint density at radius 3 is 2.21 bits per heavy atom. The molecule has 0 heterocycles. The highest BCUT2D eigenvalue weighted by Gasteiger charge is 2.32. The number of aliphatic hydroxyl groups excluding tert-OH is 2. The van der Waals surface area contributed by atoms with Crippen molar-refractivity contribution in [3.8, 4) is 11.1 Å². The molecule has 0 fully saturated rings. The predicted molar refractivity (Wildman–Crippen MR) is 122 cm³/mol. The fraction of sp³-hybridized carbons (Fsp3) is 0.231. The molecule has 0 aliphatic heterocycles. The Morgan fingerprint density at radius 2 is 1.55 bits per heavy atom. The number of aliphatic hydroxyl groups is 2. The van der Waals surface area contributed by atoms with Gasteiger partial charge in [0.15, 0.2) is 0 Å². The average Bonchev–Trinajstić information content (AvgIpc) is 2.79. The van der Waals surface area contributed by atoms with Gasteiger partial charge in [-0.2, -0.15) is 13.2 Å². The maximum atomic E-state index is 14.3. The largest absolute Gasteiger partial charge is 0.416 e. The van der Waals surface area contributed by atoms with Gasteiger partial charge in [-0.25, -0.2) is 4.39 Å². The lowest BCUT2D eigenvalue weighted by atomic mass is 9.95. The summed E-state index contributed by atoms with van der Waals surface area (Å²) in [4.78, 5) is 0. The fourth-order valence-electron chi connectivity index (χ4n) is 3.55. The quantitative estimate of drug-likeness (QED) is 0.311. The van der Waals surface area contributed by atoms with E-state index in [-0.39, 0.29) is 31.1 Å². The Kier molecular flexibility index (Phi) is 8.02. The van der Waals surface area contributed by atoms with Crippen LogP contribution in [0, 0.1) is 12.7 Å². The van der Waals surface area contributed by atoms with Gasteiger partial charge in [0.25, 0.3) is 0 Å². The molecule has 174 valence electrons. The topological polar surface area (TPSA) is 52.5 Å². The van der Waals surface area contributed by atoms with E-state index in [9.17, 15) is 17.6 Å². The summed E-state index contributed by atoms with van der Waals surface area (Å²) in [6, 6.07) is 14.9. The molecular weight excluding hydrogens is 434 g/mol. The van der Waals surface area contributed by atoms with Crippen LogP contribution >= 0.6 is 0 Å². The maximum absolute atomic E-state index is 14.3. The minimum Gasteiger partial charge on any atom is -0.395 e. The van der Waals surface area contributed by atoms with Crippen LogP contribution in [0.25, 0.3) is 23.3 Å². The van der Waals surface area contributed by atoms with Crippen LogP contribution < -0.4 is 5.32 Å². The van der Waals surface area contributed by atoms with Crippen LogP contribution in [-0.2, 0) is 12.7 Å². The molecule has 0 unspecified atom stereocenters. The summed E-state index contributed by atoms with van der Waals surface area (Å²) in [7, 11) is 0. The Labute approximate surface area is 190 Å². The number of rotatable bonds is 8. The first-order chi connectivity index (χ1) is 15.7. The molecule has 3 N–H and O–H groups in total. The van der Waals surface area contributed by atoms with Gasteiger partial charge in [0.05, 0.1) is 24.8 Å². The molecule has 0 spiro atoms. The van der Waals surface area contributed by atoms with Crippen LogP contribution in [0.15, 0.2) is 60.7 Å². The van der Waals surface area contributed by atoms with E-state index in [4.69, 9.17) is 10.2 Å². The van der Waals surface area contributed by atoms with E-state index in [1.165, 1.54) is 24.3 Å². The third-order valence-electron chi connectivity index (χ3n) is 5.44. The van der Waals surface area contributed by atoms with Crippen molar-refractivity contribution < 1.29 is 27.8 Å². The molecule has 0 saturated heterocycles. The molecule has 3 rings (SSSR count). The Balaban J connectivity index is 1.96. The highest BCUT2D eigenvalue weighted by atomic mass is 19.4. The summed E-state index contributed by atoms with van der Waals surface area (Å²) in [6.07, 6.45) is -1.55. The van der Waals surface area contributed by atoms with E-state index in [2.05, 4.69) is 5.32 Å². The Hall–Kier alpha value is -3.00. The minimum absolute atomic E-state index is 0.0120. The van der Waals surface area contributed by atoms with Crippen molar-refractivity contribution >= 4 is 12.2 Å². The molecule has 0 radical (unpaired) electrons. The van der Waals surface area contributed by atoms with E-state index in [0.29, 0.717) is 22.3 Å². The highest BCUT2D eigenvalue weighted by Crippen LogP contribution is 2.34. The molecule has 7 heteroatoms. The lowest BCUT2D eigenvalue weighted by Gasteiger charge is -2.16. The molecule has 3 aromatic rings. The molecule has 3 aromatic carbocycles. The lowest BCUT2D eigenvalue weighted by molar-refractivity contribution is -0.137. The Morgan fingerprint density at radius 1 is 0.879 bits per heavy atom. The number of benzene rings is 3. The first kappa shape index (κ1) is 24.6. The molecule has 0 aromatic heterocycles. The average molecular weight is 459 g/mol. The summed E-state index contributed by atoms with van der Waals surface area (Å²) in [5, 5.41) is 21.2. The van der Waals surface area contributed by atoms with Gasteiger partial charge in [0.2, 0.25) is 0 Å². The van der Waals surface area contributed by atoms with Gasteiger partial charge >= 0.3 is 6.18 Å². The van der Waals surface area contributed by atoms with Gasteiger partial charge < -0.3 is 15.5 Å². The number of alkyl halides is 3. The molecule has 0 aliphatic rings. The number of halogens is 4. The van der Waals surface area contributed by atoms with Crippen LogP contribution in [0.3, 0.4) is 0 Å². The summed E-state index contributed by atoms with van der Waals surface area (Å²) >= 11 is 0. The van der Waals surface area contributed by atoms with Crippen molar-refractivity contribution in [1.82, 2.24) is 5.32 Å². The zero-order valence-electron chi connectivity index (χ0n) is 18.0. The number of hydrogen-bond donors (Lipinski definition) is 3. The van der Waals surface area contributed by atoms with Crippen molar-refractivity contribution in [3.05, 3.63) is 94.3 Å². The zero-order valence-corrected chi connectivity index (χ0v) is 18.0. The van der Waals surface area contributed by atoms with E-state index in [0.717, 1.165) is 11.6 Å². The van der Waals surface area contributed by atoms with Gasteiger partial charge in [0.1, 0.15) is 5.82 Å². The molecule has 0 atom stereocenters. The van der Waals surface area contributed by atoms with Crippen LogP contribution in [0.4, 0.5) is 17.6 Å². The van der Waals surface area contributed by atoms with Gasteiger partial charge in [-0.15, -0.1) is 0 Å². The second-order valence-corrected chi connectivity index (χ2v) is 7.70. The van der Waals surface area contributed by atoms with Crippen molar-refractivity contribution in [2.75, 3.05) is 13.2 Å². The van der Waals surface area contributed by atoms with Crippen LogP contribution in [-0.4, -0.2) is 29.5 Å². The fourth-order valence-corrected chi connectivity index (χ4v) is 3.55. The summed E-state index contributed by atoms with van der Waals surface area (Å²) < 4.78 is 55.0. The molecule has 0 saturated carbocycles. The van der Waals surface area contributed by atoms with Gasteiger partial charge in [-0.05, 0) is 52.9 Å². The van der Waals surface area contributed by atoms with Crippen molar-refractivity contribution in [1.29, 1.82) is 0 Å². The van der Waals surface area contributed by atoms with Crippen molar-refractivity contribution in [2.45, 2.75) is 25.7 Å². The van der Waals surface area contributed by atoms with E-state index in [1.54, 1.807) is 49.4 Å².